The second kappa shape index (κ2) is 11.9. The third kappa shape index (κ3) is 7.56. The Hall–Kier alpha value is -0.650. The standard InChI is InChI=1S/C16H24BrFN2O.ClH/c1-2-20(16(21)7-5-3-4-6-10-19)12-13-11-14(17)8-9-15(13)18;/h8-9,11H,2-7,10,12,19H2,1H3;1H. The molecule has 1 aromatic carbocycles. The lowest BCUT2D eigenvalue weighted by Gasteiger charge is -2.21. The van der Waals surface area contributed by atoms with Crippen molar-refractivity contribution in [2.75, 3.05) is 13.1 Å². The molecule has 3 nitrogen and oxygen atoms in total. The van der Waals surface area contributed by atoms with Crippen molar-refractivity contribution in [2.24, 2.45) is 5.73 Å². The fourth-order valence-electron chi connectivity index (χ4n) is 2.18. The number of hydrogen-bond acceptors (Lipinski definition) is 2. The minimum atomic E-state index is -0.271. The Kier molecular flexibility index (Phi) is 11.5. The molecule has 0 atom stereocenters. The number of benzene rings is 1. The van der Waals surface area contributed by atoms with Gasteiger partial charge in [0.25, 0.3) is 0 Å². The summed E-state index contributed by atoms with van der Waals surface area (Å²) in [5, 5.41) is 0. The van der Waals surface area contributed by atoms with Crippen LogP contribution >= 0.6 is 28.3 Å². The van der Waals surface area contributed by atoms with Crippen LogP contribution in [0.1, 0.15) is 44.6 Å². The molecule has 0 fully saturated rings. The molecule has 0 aliphatic rings. The van der Waals surface area contributed by atoms with E-state index in [0.717, 1.165) is 30.2 Å². The number of nitrogens with two attached hydrogens (primary N) is 1. The molecule has 1 rings (SSSR count). The molecule has 0 aromatic heterocycles. The van der Waals surface area contributed by atoms with Crippen LogP contribution in [0.3, 0.4) is 0 Å². The second-order valence-corrected chi connectivity index (χ2v) is 6.01. The molecule has 6 heteroatoms. The van der Waals surface area contributed by atoms with Crippen LogP contribution in [-0.4, -0.2) is 23.9 Å². The SMILES string of the molecule is CCN(Cc1cc(Br)ccc1F)C(=O)CCCCCCN.Cl. The van der Waals surface area contributed by atoms with E-state index in [0.29, 0.717) is 31.6 Å². The van der Waals surface area contributed by atoms with Crippen molar-refractivity contribution in [1.29, 1.82) is 0 Å². The highest BCUT2D eigenvalue weighted by Crippen LogP contribution is 2.18. The fourth-order valence-corrected chi connectivity index (χ4v) is 2.59. The van der Waals surface area contributed by atoms with Crippen LogP contribution < -0.4 is 5.73 Å². The van der Waals surface area contributed by atoms with Crippen molar-refractivity contribution < 1.29 is 9.18 Å². The van der Waals surface area contributed by atoms with E-state index in [2.05, 4.69) is 15.9 Å². The summed E-state index contributed by atoms with van der Waals surface area (Å²) < 4.78 is 14.6. The molecule has 1 aromatic rings. The molecule has 0 unspecified atom stereocenters. The van der Waals surface area contributed by atoms with Crippen LogP contribution in [0.2, 0.25) is 0 Å². The van der Waals surface area contributed by atoms with E-state index in [1.165, 1.54) is 6.07 Å². The summed E-state index contributed by atoms with van der Waals surface area (Å²) in [5.74, 6) is -0.183. The number of rotatable bonds is 9. The summed E-state index contributed by atoms with van der Waals surface area (Å²) in [6.45, 7) is 3.54. The van der Waals surface area contributed by atoms with Gasteiger partial charge >= 0.3 is 0 Å². The molecule has 2 N–H and O–H groups in total. The Morgan fingerprint density at radius 1 is 1.27 bits per heavy atom. The molecule has 0 bridgehead atoms. The van der Waals surface area contributed by atoms with Crippen LogP contribution in [0.4, 0.5) is 4.39 Å². The summed E-state index contributed by atoms with van der Waals surface area (Å²) in [7, 11) is 0. The van der Waals surface area contributed by atoms with E-state index in [9.17, 15) is 9.18 Å². The lowest BCUT2D eigenvalue weighted by molar-refractivity contribution is -0.131. The maximum atomic E-state index is 13.8. The van der Waals surface area contributed by atoms with Crippen molar-refractivity contribution in [3.05, 3.63) is 34.1 Å². The summed E-state index contributed by atoms with van der Waals surface area (Å²) >= 11 is 3.33. The maximum absolute atomic E-state index is 13.8. The zero-order chi connectivity index (χ0) is 15.7. The first kappa shape index (κ1) is 21.4. The highest BCUT2D eigenvalue weighted by molar-refractivity contribution is 9.10. The van der Waals surface area contributed by atoms with E-state index in [1.807, 2.05) is 6.92 Å². The molecule has 0 saturated heterocycles. The zero-order valence-corrected chi connectivity index (χ0v) is 15.4. The molecule has 0 saturated carbocycles. The Bertz CT molecular complexity index is 460. The van der Waals surface area contributed by atoms with Crippen LogP contribution in [-0.2, 0) is 11.3 Å². The van der Waals surface area contributed by atoms with E-state index >= 15 is 0 Å². The van der Waals surface area contributed by atoms with Gasteiger partial charge < -0.3 is 10.6 Å². The molecule has 126 valence electrons. The number of amides is 1. The van der Waals surface area contributed by atoms with Gasteiger partial charge in [-0.05, 0) is 44.5 Å². The van der Waals surface area contributed by atoms with Gasteiger partial charge in [0.2, 0.25) is 5.91 Å². The first-order chi connectivity index (χ1) is 10.1. The first-order valence-electron chi connectivity index (χ1n) is 7.50. The van der Waals surface area contributed by atoms with Gasteiger partial charge in [0, 0.05) is 29.5 Å². The lowest BCUT2D eigenvalue weighted by atomic mass is 10.1. The molecule has 0 spiro atoms. The van der Waals surface area contributed by atoms with E-state index in [1.54, 1.807) is 17.0 Å². The normalized spacial score (nSPS) is 10.2. The summed E-state index contributed by atoms with van der Waals surface area (Å²) in [5.41, 5.74) is 5.98. The molecule has 0 aliphatic heterocycles. The molecule has 22 heavy (non-hydrogen) atoms. The average molecular weight is 396 g/mol. The predicted molar refractivity (Wildman–Crippen MR) is 94.6 cm³/mol. The van der Waals surface area contributed by atoms with E-state index in [4.69, 9.17) is 5.73 Å². The van der Waals surface area contributed by atoms with Crippen molar-refractivity contribution in [2.45, 2.75) is 45.6 Å². The van der Waals surface area contributed by atoms with Gasteiger partial charge in [-0.3, -0.25) is 4.79 Å². The highest BCUT2D eigenvalue weighted by Gasteiger charge is 2.14. The van der Waals surface area contributed by atoms with Crippen LogP contribution in [0.15, 0.2) is 22.7 Å². The first-order valence-corrected chi connectivity index (χ1v) is 8.29. The largest absolute Gasteiger partial charge is 0.339 e. The van der Waals surface area contributed by atoms with Gasteiger partial charge in [-0.2, -0.15) is 0 Å². The number of hydrogen-bond donors (Lipinski definition) is 1. The number of nitrogens with zero attached hydrogens (tertiary/aromatic N) is 1. The Balaban J connectivity index is 0.00000441. The van der Waals surface area contributed by atoms with Crippen molar-refractivity contribution in [1.82, 2.24) is 4.90 Å². The summed E-state index contributed by atoms with van der Waals surface area (Å²) in [6.07, 6.45) is 4.49. The quantitative estimate of drug-likeness (QED) is 0.635. The van der Waals surface area contributed by atoms with Crippen molar-refractivity contribution >= 4 is 34.2 Å². The van der Waals surface area contributed by atoms with Crippen molar-refractivity contribution in [3.63, 3.8) is 0 Å². The molecule has 0 heterocycles. The van der Waals surface area contributed by atoms with E-state index < -0.39 is 0 Å². The fraction of sp³-hybridized carbons (Fsp3) is 0.562. The van der Waals surface area contributed by atoms with Gasteiger partial charge in [-0.1, -0.05) is 28.8 Å². The molecular weight excluding hydrogens is 371 g/mol. The van der Waals surface area contributed by atoms with Crippen LogP contribution in [0.25, 0.3) is 0 Å². The van der Waals surface area contributed by atoms with Gasteiger partial charge in [0.15, 0.2) is 0 Å². The third-order valence-electron chi connectivity index (χ3n) is 3.45. The Morgan fingerprint density at radius 2 is 1.95 bits per heavy atom. The highest BCUT2D eigenvalue weighted by atomic mass is 79.9. The number of unbranched alkanes of at least 4 members (excludes halogenated alkanes) is 3. The third-order valence-corrected chi connectivity index (χ3v) is 3.94. The maximum Gasteiger partial charge on any atom is 0.222 e. The number of carbonyl (C=O) groups excluding carboxylic acids is 1. The van der Waals surface area contributed by atoms with Gasteiger partial charge in [0.1, 0.15) is 5.82 Å². The van der Waals surface area contributed by atoms with Gasteiger partial charge in [0.05, 0.1) is 0 Å². The summed E-state index contributed by atoms with van der Waals surface area (Å²) in [4.78, 5) is 13.9. The predicted octanol–water partition coefficient (Wildman–Crippen LogP) is 4.27. The molecular formula is C16H25BrClFN2O. The zero-order valence-electron chi connectivity index (χ0n) is 13.0. The van der Waals surface area contributed by atoms with Crippen LogP contribution in [0.5, 0.6) is 0 Å². The number of carbonyl (C=O) groups is 1. The smallest absolute Gasteiger partial charge is 0.222 e. The average Bonchev–Trinajstić information content (AvgIpc) is 2.47. The minimum absolute atomic E-state index is 0. The number of halogens is 3. The van der Waals surface area contributed by atoms with Crippen LogP contribution in [0, 0.1) is 5.82 Å². The Labute approximate surface area is 147 Å². The Morgan fingerprint density at radius 3 is 2.59 bits per heavy atom. The topological polar surface area (TPSA) is 46.3 Å². The summed E-state index contributed by atoms with van der Waals surface area (Å²) in [6, 6.07) is 4.81. The molecule has 0 radical (unpaired) electrons. The van der Waals surface area contributed by atoms with Crippen molar-refractivity contribution in [3.8, 4) is 0 Å². The van der Waals surface area contributed by atoms with Gasteiger partial charge in [-0.25, -0.2) is 4.39 Å². The lowest BCUT2D eigenvalue weighted by Crippen LogP contribution is -2.30. The second-order valence-electron chi connectivity index (χ2n) is 5.10. The van der Waals surface area contributed by atoms with E-state index in [-0.39, 0.29) is 24.1 Å². The molecule has 1 amide bonds. The minimum Gasteiger partial charge on any atom is -0.339 e. The monoisotopic (exact) mass is 394 g/mol. The molecule has 0 aliphatic carbocycles. The van der Waals surface area contributed by atoms with Gasteiger partial charge in [-0.15, -0.1) is 12.4 Å².